The van der Waals surface area contributed by atoms with Gasteiger partial charge in [0.15, 0.2) is 0 Å². The van der Waals surface area contributed by atoms with E-state index < -0.39 is 0 Å². The van der Waals surface area contributed by atoms with Crippen LogP contribution in [-0.4, -0.2) is 35.4 Å². The molecule has 0 fully saturated rings. The smallest absolute Gasteiger partial charge is 0.228 e. The van der Waals surface area contributed by atoms with E-state index in [0.717, 1.165) is 26.3 Å². The summed E-state index contributed by atoms with van der Waals surface area (Å²) < 4.78 is 0.744. The molecule has 2 aromatic rings. The molecule has 0 aliphatic carbocycles. The van der Waals surface area contributed by atoms with Crippen molar-refractivity contribution in [1.29, 1.82) is 0 Å². The zero-order valence-electron chi connectivity index (χ0n) is 13.6. The molecule has 126 valence electrons. The van der Waals surface area contributed by atoms with Gasteiger partial charge in [-0.05, 0) is 24.5 Å². The van der Waals surface area contributed by atoms with E-state index in [4.69, 9.17) is 17.3 Å². The summed E-state index contributed by atoms with van der Waals surface area (Å²) in [6.07, 6.45) is 1.14. The highest BCUT2D eigenvalue weighted by atomic mass is 35.5. The molecule has 0 aromatic carbocycles. The monoisotopic (exact) mass is 371 g/mol. The molecule has 1 unspecified atom stereocenters. The number of aromatic nitrogens is 1. The van der Waals surface area contributed by atoms with Crippen LogP contribution >= 0.6 is 34.3 Å². The van der Waals surface area contributed by atoms with Crippen LogP contribution in [0.2, 0.25) is 4.34 Å². The van der Waals surface area contributed by atoms with E-state index in [9.17, 15) is 4.79 Å². The molecule has 2 heterocycles. The molecule has 1 amide bonds. The number of thiazole rings is 1. The van der Waals surface area contributed by atoms with Crippen molar-refractivity contribution in [3.63, 3.8) is 0 Å². The van der Waals surface area contributed by atoms with Crippen molar-refractivity contribution in [2.24, 2.45) is 11.7 Å². The minimum Gasteiger partial charge on any atom is -0.345 e. The number of hydrogen-bond donors (Lipinski definition) is 1. The van der Waals surface area contributed by atoms with Crippen LogP contribution in [-0.2, 0) is 11.2 Å². The van der Waals surface area contributed by atoms with Crippen molar-refractivity contribution in [2.75, 3.05) is 13.6 Å². The van der Waals surface area contributed by atoms with E-state index >= 15 is 0 Å². The molecular formula is C16H22ClN3OS2. The fourth-order valence-electron chi connectivity index (χ4n) is 2.02. The SMILES string of the molecule is CC(C)C(N)CCN(C)C(=O)Cc1csc(-c2ccc(Cl)s2)n1. The minimum atomic E-state index is 0.0713. The van der Waals surface area contributed by atoms with Gasteiger partial charge >= 0.3 is 0 Å². The maximum absolute atomic E-state index is 12.3. The molecule has 0 saturated heterocycles. The number of carbonyl (C=O) groups is 1. The number of nitrogens with zero attached hydrogens (tertiary/aromatic N) is 2. The molecule has 2 N–H and O–H groups in total. The number of thiophene rings is 1. The van der Waals surface area contributed by atoms with Crippen molar-refractivity contribution >= 4 is 40.2 Å². The van der Waals surface area contributed by atoms with E-state index in [0.29, 0.717) is 18.9 Å². The van der Waals surface area contributed by atoms with Gasteiger partial charge in [-0.15, -0.1) is 22.7 Å². The summed E-state index contributed by atoms with van der Waals surface area (Å²) in [4.78, 5) is 19.6. The van der Waals surface area contributed by atoms with Crippen LogP contribution in [0.5, 0.6) is 0 Å². The lowest BCUT2D eigenvalue weighted by atomic mass is 10.0. The predicted octanol–water partition coefficient (Wildman–Crippen LogP) is 3.90. The van der Waals surface area contributed by atoms with E-state index in [1.807, 2.05) is 24.6 Å². The van der Waals surface area contributed by atoms with E-state index in [2.05, 4.69) is 18.8 Å². The number of hydrogen-bond acceptors (Lipinski definition) is 5. The number of likely N-dealkylation sites (N-methyl/N-ethyl adjacent to an activating group) is 1. The summed E-state index contributed by atoms with van der Waals surface area (Å²) >= 11 is 8.99. The number of amides is 1. The highest BCUT2D eigenvalue weighted by Crippen LogP contribution is 2.33. The largest absolute Gasteiger partial charge is 0.345 e. The van der Waals surface area contributed by atoms with Gasteiger partial charge in [0.1, 0.15) is 5.01 Å². The second-order valence-electron chi connectivity index (χ2n) is 5.94. The summed E-state index contributed by atoms with van der Waals surface area (Å²) in [6, 6.07) is 3.94. The number of rotatable bonds is 7. The molecule has 0 spiro atoms. The van der Waals surface area contributed by atoms with Crippen LogP contribution in [0.4, 0.5) is 0 Å². The first-order valence-corrected chi connectivity index (χ1v) is 9.64. The maximum atomic E-state index is 12.3. The highest BCUT2D eigenvalue weighted by molar-refractivity contribution is 7.23. The summed E-state index contributed by atoms with van der Waals surface area (Å²) in [6.45, 7) is 4.87. The van der Waals surface area contributed by atoms with Crippen LogP contribution in [0.3, 0.4) is 0 Å². The molecular weight excluding hydrogens is 350 g/mol. The highest BCUT2D eigenvalue weighted by Gasteiger charge is 2.15. The first kappa shape index (κ1) is 18.4. The van der Waals surface area contributed by atoms with Crippen molar-refractivity contribution in [3.8, 4) is 9.88 Å². The van der Waals surface area contributed by atoms with Crippen LogP contribution in [0.25, 0.3) is 9.88 Å². The summed E-state index contributed by atoms with van der Waals surface area (Å²) in [5.74, 6) is 0.499. The summed E-state index contributed by atoms with van der Waals surface area (Å²) in [7, 11) is 1.82. The zero-order chi connectivity index (χ0) is 17.0. The molecule has 0 saturated carbocycles. The Hall–Kier alpha value is -0.950. The first-order chi connectivity index (χ1) is 10.9. The predicted molar refractivity (Wildman–Crippen MR) is 99.2 cm³/mol. The van der Waals surface area contributed by atoms with Crippen molar-refractivity contribution in [1.82, 2.24) is 9.88 Å². The molecule has 2 aromatic heterocycles. The van der Waals surface area contributed by atoms with Gasteiger partial charge in [0.05, 0.1) is 21.3 Å². The van der Waals surface area contributed by atoms with Gasteiger partial charge in [0.25, 0.3) is 0 Å². The van der Waals surface area contributed by atoms with Crippen LogP contribution < -0.4 is 5.73 Å². The third-order valence-corrected chi connectivity index (χ3v) is 6.04. The van der Waals surface area contributed by atoms with Crippen LogP contribution in [0, 0.1) is 5.92 Å². The van der Waals surface area contributed by atoms with Crippen LogP contribution in [0.15, 0.2) is 17.5 Å². The van der Waals surface area contributed by atoms with E-state index in [1.165, 1.54) is 11.3 Å². The number of halogens is 1. The first-order valence-electron chi connectivity index (χ1n) is 7.56. The third kappa shape index (κ3) is 5.28. The molecule has 0 aliphatic heterocycles. The van der Waals surface area contributed by atoms with Crippen molar-refractivity contribution in [3.05, 3.63) is 27.5 Å². The van der Waals surface area contributed by atoms with Gasteiger partial charge in [0, 0.05) is 25.0 Å². The van der Waals surface area contributed by atoms with Gasteiger partial charge in [-0.2, -0.15) is 0 Å². The Labute approximate surface area is 150 Å². The third-order valence-electron chi connectivity index (χ3n) is 3.75. The zero-order valence-corrected chi connectivity index (χ0v) is 16.0. The average molecular weight is 372 g/mol. The Morgan fingerprint density at radius 1 is 1.43 bits per heavy atom. The molecule has 2 rings (SSSR count). The Kier molecular flexibility index (Phi) is 6.59. The lowest BCUT2D eigenvalue weighted by Crippen LogP contribution is -2.35. The molecule has 0 bridgehead atoms. The van der Waals surface area contributed by atoms with E-state index in [1.54, 1.807) is 16.2 Å². The van der Waals surface area contributed by atoms with Crippen molar-refractivity contribution in [2.45, 2.75) is 32.7 Å². The summed E-state index contributed by atoms with van der Waals surface area (Å²) in [5, 5.41) is 2.85. The van der Waals surface area contributed by atoms with Gasteiger partial charge in [0.2, 0.25) is 5.91 Å². The normalized spacial score (nSPS) is 12.6. The fourth-order valence-corrected chi connectivity index (χ4v) is 3.96. The van der Waals surface area contributed by atoms with Crippen molar-refractivity contribution < 1.29 is 4.79 Å². The maximum Gasteiger partial charge on any atom is 0.228 e. The van der Waals surface area contributed by atoms with Gasteiger partial charge in [-0.3, -0.25) is 4.79 Å². The Bertz CT molecular complexity index is 653. The quantitative estimate of drug-likeness (QED) is 0.802. The minimum absolute atomic E-state index is 0.0713. The Morgan fingerprint density at radius 2 is 2.17 bits per heavy atom. The standard InChI is InChI=1S/C16H22ClN3OS2/c1-10(2)12(18)6-7-20(3)15(21)8-11-9-22-16(19-11)13-4-5-14(17)23-13/h4-5,9-10,12H,6-8,18H2,1-3H3. The Morgan fingerprint density at radius 3 is 2.78 bits per heavy atom. The molecule has 0 aliphatic rings. The molecule has 1 atom stereocenters. The lowest BCUT2D eigenvalue weighted by molar-refractivity contribution is -0.129. The second kappa shape index (κ2) is 8.24. The lowest BCUT2D eigenvalue weighted by Gasteiger charge is -2.21. The molecule has 7 heteroatoms. The van der Waals surface area contributed by atoms with E-state index in [-0.39, 0.29) is 11.9 Å². The fraction of sp³-hybridized carbons (Fsp3) is 0.500. The Balaban J connectivity index is 1.89. The molecule has 4 nitrogen and oxygen atoms in total. The average Bonchev–Trinajstić information content (AvgIpc) is 3.12. The van der Waals surface area contributed by atoms with Gasteiger partial charge < -0.3 is 10.6 Å². The van der Waals surface area contributed by atoms with Gasteiger partial charge in [-0.25, -0.2) is 4.98 Å². The number of carbonyl (C=O) groups excluding carboxylic acids is 1. The van der Waals surface area contributed by atoms with Gasteiger partial charge in [-0.1, -0.05) is 25.4 Å². The topological polar surface area (TPSA) is 59.2 Å². The molecule has 23 heavy (non-hydrogen) atoms. The van der Waals surface area contributed by atoms with Crippen LogP contribution in [0.1, 0.15) is 26.0 Å². The second-order valence-corrected chi connectivity index (χ2v) is 8.51. The summed E-state index contributed by atoms with van der Waals surface area (Å²) in [5.41, 5.74) is 6.83. The molecule has 0 radical (unpaired) electrons. The number of nitrogens with two attached hydrogens (primary N) is 1.